The van der Waals surface area contributed by atoms with Crippen LogP contribution < -0.4 is 20.7 Å². The monoisotopic (exact) mass is 565 g/mol. The number of hydrogen-bond acceptors (Lipinski definition) is 11. The lowest BCUT2D eigenvalue weighted by Crippen LogP contribution is -2.36. The number of nitrogens with two attached hydrogens (primary N) is 1. The van der Waals surface area contributed by atoms with E-state index in [0.717, 1.165) is 0 Å². The Morgan fingerprint density at radius 1 is 1.31 bits per heavy atom. The SMILES string of the molecule is CNc1nc(N)nc2c1ncn2[C@@H]1O[C@H](COP(=O)(N[C@H](C)C(=O)OC(C)C)Oc2ccccc2)C[C@@]1(C)F. The van der Waals surface area contributed by atoms with E-state index < -0.39 is 37.8 Å². The molecule has 0 amide bonds. The zero-order chi connectivity index (χ0) is 28.4. The summed E-state index contributed by atoms with van der Waals surface area (Å²) in [7, 11) is -2.48. The van der Waals surface area contributed by atoms with Gasteiger partial charge in [-0.3, -0.25) is 13.9 Å². The van der Waals surface area contributed by atoms with Crippen LogP contribution in [0.1, 0.15) is 40.3 Å². The number of nitrogens with zero attached hydrogens (tertiary/aromatic N) is 4. The van der Waals surface area contributed by atoms with E-state index in [1.165, 1.54) is 24.7 Å². The number of para-hydroxylation sites is 1. The molecule has 5 atom stereocenters. The summed E-state index contributed by atoms with van der Waals surface area (Å²) in [4.78, 5) is 25.0. The highest BCUT2D eigenvalue weighted by atomic mass is 31.2. The van der Waals surface area contributed by atoms with Crippen molar-refractivity contribution in [3.8, 4) is 5.75 Å². The van der Waals surface area contributed by atoms with Crippen LogP contribution in [0.4, 0.5) is 16.2 Å². The van der Waals surface area contributed by atoms with Crippen molar-refractivity contribution in [1.82, 2.24) is 24.6 Å². The van der Waals surface area contributed by atoms with Crippen molar-refractivity contribution in [3.05, 3.63) is 36.7 Å². The van der Waals surface area contributed by atoms with Gasteiger partial charge in [0.1, 0.15) is 11.8 Å². The molecule has 2 aromatic heterocycles. The van der Waals surface area contributed by atoms with Crippen LogP contribution in [0.5, 0.6) is 5.75 Å². The van der Waals surface area contributed by atoms with E-state index in [4.69, 9.17) is 24.3 Å². The van der Waals surface area contributed by atoms with Gasteiger partial charge < -0.3 is 25.0 Å². The minimum Gasteiger partial charge on any atom is -0.462 e. The van der Waals surface area contributed by atoms with E-state index in [-0.39, 0.29) is 30.8 Å². The van der Waals surface area contributed by atoms with E-state index in [9.17, 15) is 9.36 Å². The largest absolute Gasteiger partial charge is 0.462 e. The van der Waals surface area contributed by atoms with Crippen molar-refractivity contribution in [2.45, 2.75) is 64.3 Å². The summed E-state index contributed by atoms with van der Waals surface area (Å²) in [5, 5.41) is 5.50. The fraction of sp³-hybridized carbons (Fsp3) is 0.500. The highest BCUT2D eigenvalue weighted by Gasteiger charge is 2.48. The average Bonchev–Trinajstić information content (AvgIpc) is 3.41. The molecule has 15 heteroatoms. The van der Waals surface area contributed by atoms with Crippen molar-refractivity contribution in [1.29, 1.82) is 0 Å². The van der Waals surface area contributed by atoms with E-state index in [2.05, 4.69) is 25.4 Å². The first-order valence-corrected chi connectivity index (χ1v) is 13.9. The Morgan fingerprint density at radius 2 is 2.03 bits per heavy atom. The molecule has 0 bridgehead atoms. The number of nitrogens with one attached hydrogen (secondary N) is 2. The van der Waals surface area contributed by atoms with Gasteiger partial charge in [-0.15, -0.1) is 0 Å². The van der Waals surface area contributed by atoms with Crippen LogP contribution in [-0.4, -0.2) is 63.1 Å². The van der Waals surface area contributed by atoms with Gasteiger partial charge in [0.15, 0.2) is 28.9 Å². The van der Waals surface area contributed by atoms with Gasteiger partial charge in [-0.2, -0.15) is 15.1 Å². The maximum absolute atomic E-state index is 15.8. The van der Waals surface area contributed by atoms with Gasteiger partial charge in [-0.05, 0) is 39.8 Å². The zero-order valence-corrected chi connectivity index (χ0v) is 23.2. The Labute approximate surface area is 225 Å². The van der Waals surface area contributed by atoms with Crippen LogP contribution in [0.3, 0.4) is 0 Å². The number of aromatic nitrogens is 4. The number of ether oxygens (including phenoxy) is 2. The molecule has 0 radical (unpaired) electrons. The Kier molecular flexibility index (Phi) is 8.40. The van der Waals surface area contributed by atoms with Crippen LogP contribution in [0, 0.1) is 0 Å². The van der Waals surface area contributed by atoms with Gasteiger partial charge in [0.25, 0.3) is 0 Å². The number of hydrogen-bond donors (Lipinski definition) is 3. The number of halogens is 1. The standard InChI is InChI=1S/C24H33FN7O6P/c1-14(2)36-21(33)15(3)31-39(34,38-16-9-7-6-8-10-16)35-12-17-11-24(4,25)22(37-17)32-13-28-18-19(27-5)29-23(26)30-20(18)32/h6-10,13-15,17,22H,11-12H2,1-5H3,(H,31,34)(H3,26,27,29,30)/t15-,17+,22-,24-,39?/m1/s1. The molecule has 1 aromatic carbocycles. The normalized spacial score (nSPS) is 23.5. The number of esters is 1. The molecule has 0 aliphatic carbocycles. The molecule has 1 fully saturated rings. The summed E-state index contributed by atoms with van der Waals surface area (Å²) in [5.74, 6) is 0.00102. The lowest BCUT2D eigenvalue weighted by molar-refractivity contribution is -0.149. The van der Waals surface area contributed by atoms with Crippen molar-refractivity contribution >= 4 is 36.6 Å². The highest BCUT2D eigenvalue weighted by Crippen LogP contribution is 2.48. The summed E-state index contributed by atoms with van der Waals surface area (Å²) in [6.45, 7) is 5.96. The van der Waals surface area contributed by atoms with E-state index in [1.807, 2.05) is 0 Å². The van der Waals surface area contributed by atoms with Gasteiger partial charge in [-0.1, -0.05) is 18.2 Å². The Hall–Kier alpha value is -3.32. The van der Waals surface area contributed by atoms with Crippen LogP contribution in [0.15, 0.2) is 36.7 Å². The lowest BCUT2D eigenvalue weighted by atomic mass is 10.0. The number of nitrogen functional groups attached to an aromatic ring is 1. The molecule has 1 unspecified atom stereocenters. The van der Waals surface area contributed by atoms with Gasteiger partial charge in [0.05, 0.1) is 25.1 Å². The summed E-state index contributed by atoms with van der Waals surface area (Å²) < 4.78 is 53.5. The number of alkyl halides is 1. The first kappa shape index (κ1) is 28.7. The number of anilines is 2. The number of benzene rings is 1. The van der Waals surface area contributed by atoms with Gasteiger partial charge in [0.2, 0.25) is 5.95 Å². The van der Waals surface area contributed by atoms with Crippen LogP contribution in [0.25, 0.3) is 11.2 Å². The molecule has 1 aliphatic heterocycles. The van der Waals surface area contributed by atoms with E-state index in [1.54, 1.807) is 51.2 Å². The third-order valence-corrected chi connectivity index (χ3v) is 7.49. The van der Waals surface area contributed by atoms with Crippen molar-refractivity contribution in [3.63, 3.8) is 0 Å². The van der Waals surface area contributed by atoms with Crippen molar-refractivity contribution in [2.75, 3.05) is 24.7 Å². The van der Waals surface area contributed by atoms with Crippen molar-refractivity contribution < 1.29 is 32.3 Å². The highest BCUT2D eigenvalue weighted by molar-refractivity contribution is 7.52. The van der Waals surface area contributed by atoms with Crippen molar-refractivity contribution in [2.24, 2.45) is 0 Å². The Bertz CT molecular complexity index is 1360. The quantitative estimate of drug-likeness (QED) is 0.229. The molecule has 3 heterocycles. The smallest absolute Gasteiger partial charge is 0.459 e. The minimum absolute atomic E-state index is 0.0118. The summed E-state index contributed by atoms with van der Waals surface area (Å²) in [5.41, 5.74) is 4.65. The minimum atomic E-state index is -4.14. The molecular formula is C24H33FN7O6P. The molecule has 1 aliphatic rings. The molecular weight excluding hydrogens is 532 g/mol. The first-order valence-electron chi connectivity index (χ1n) is 12.4. The maximum atomic E-state index is 15.8. The molecule has 4 rings (SSSR count). The molecule has 0 spiro atoms. The number of carbonyl (C=O) groups is 1. The zero-order valence-electron chi connectivity index (χ0n) is 22.3. The third kappa shape index (κ3) is 6.64. The fourth-order valence-corrected chi connectivity index (χ4v) is 5.69. The molecule has 13 nitrogen and oxygen atoms in total. The second-order valence-corrected chi connectivity index (χ2v) is 11.3. The van der Waals surface area contributed by atoms with Gasteiger partial charge >= 0.3 is 13.7 Å². The number of fused-ring (bicyclic) bond motifs is 1. The summed E-state index contributed by atoms with van der Waals surface area (Å²) in [6.07, 6.45) is -1.01. The topological polar surface area (TPSA) is 165 Å². The molecule has 3 aromatic rings. The number of imidazole rings is 1. The predicted molar refractivity (Wildman–Crippen MR) is 142 cm³/mol. The second-order valence-electron chi connectivity index (χ2n) is 9.63. The van der Waals surface area contributed by atoms with E-state index in [0.29, 0.717) is 17.0 Å². The summed E-state index contributed by atoms with van der Waals surface area (Å²) in [6, 6.07) is 7.32. The van der Waals surface area contributed by atoms with Crippen LogP contribution in [-0.2, 0) is 23.4 Å². The summed E-state index contributed by atoms with van der Waals surface area (Å²) >= 11 is 0. The molecule has 4 N–H and O–H groups in total. The molecule has 0 saturated carbocycles. The van der Waals surface area contributed by atoms with Gasteiger partial charge in [0, 0.05) is 13.5 Å². The number of rotatable bonds is 11. The molecule has 212 valence electrons. The van der Waals surface area contributed by atoms with E-state index >= 15 is 4.39 Å². The lowest BCUT2D eigenvalue weighted by Gasteiger charge is -2.24. The maximum Gasteiger partial charge on any atom is 0.459 e. The predicted octanol–water partition coefficient (Wildman–Crippen LogP) is 3.60. The van der Waals surface area contributed by atoms with Gasteiger partial charge in [-0.25, -0.2) is 13.9 Å². The Morgan fingerprint density at radius 3 is 2.69 bits per heavy atom. The second kappa shape index (κ2) is 11.4. The number of carbonyl (C=O) groups excluding carboxylic acids is 1. The molecule has 1 saturated heterocycles. The third-order valence-electron chi connectivity index (χ3n) is 5.85. The first-order chi connectivity index (χ1) is 18.4. The Balaban J connectivity index is 1.52. The molecule has 39 heavy (non-hydrogen) atoms. The van der Waals surface area contributed by atoms with Crippen LogP contribution >= 0.6 is 7.75 Å². The fourth-order valence-electron chi connectivity index (χ4n) is 4.17. The average molecular weight is 566 g/mol. The van der Waals surface area contributed by atoms with Crippen LogP contribution in [0.2, 0.25) is 0 Å².